The van der Waals surface area contributed by atoms with E-state index in [0.29, 0.717) is 17.1 Å². The van der Waals surface area contributed by atoms with Crippen LogP contribution in [-0.2, 0) is 38.6 Å². The van der Waals surface area contributed by atoms with Gasteiger partial charge in [-0.2, -0.15) is 0 Å². The van der Waals surface area contributed by atoms with E-state index in [1.54, 1.807) is 19.2 Å². The van der Waals surface area contributed by atoms with Gasteiger partial charge in [-0.25, -0.2) is 4.68 Å². The maximum atomic E-state index is 12.8. The van der Waals surface area contributed by atoms with Crippen LogP contribution in [0.2, 0.25) is 0 Å². The van der Waals surface area contributed by atoms with E-state index >= 15 is 0 Å². The Morgan fingerprint density at radius 2 is 2.03 bits per heavy atom. The third-order valence-electron chi connectivity index (χ3n) is 5.68. The molecule has 0 bridgehead atoms. The van der Waals surface area contributed by atoms with Crippen LogP contribution >= 0.6 is 0 Å². The summed E-state index contributed by atoms with van der Waals surface area (Å²) in [6.45, 7) is 2.08. The fourth-order valence-electron chi connectivity index (χ4n) is 3.89. The summed E-state index contributed by atoms with van der Waals surface area (Å²) >= 11 is 0. The number of benzene rings is 1. The number of aliphatic hydroxyl groups is 1. The normalized spacial score (nSPS) is 17.4. The van der Waals surface area contributed by atoms with Gasteiger partial charge in [0.05, 0.1) is 31.5 Å². The lowest BCUT2D eigenvalue weighted by atomic mass is 10.1. The monoisotopic (exact) mass is 482 g/mol. The predicted molar refractivity (Wildman–Crippen MR) is 120 cm³/mol. The Morgan fingerprint density at radius 3 is 2.71 bits per heavy atom. The molecule has 2 amide bonds. The molecule has 1 aliphatic heterocycles. The molecule has 3 heterocycles. The summed E-state index contributed by atoms with van der Waals surface area (Å²) in [5.74, 6) is -0.643. The largest absolute Gasteiger partial charge is 0.468 e. The lowest BCUT2D eigenvalue weighted by Gasteiger charge is -2.23. The lowest BCUT2D eigenvalue weighted by Crippen LogP contribution is -2.46. The van der Waals surface area contributed by atoms with E-state index < -0.39 is 18.1 Å². The Labute approximate surface area is 200 Å². The molecule has 2 atom stereocenters. The van der Waals surface area contributed by atoms with Gasteiger partial charge in [0, 0.05) is 31.1 Å². The SMILES string of the molecule is COC(=O)Cn1cc(-c2ccc(CNC(=O)[C@@H]3C[C@@H](O)CN3C(=O)Cc3cc(C)no3)cc2)nn1. The minimum atomic E-state index is -0.766. The first-order valence-corrected chi connectivity index (χ1v) is 11.1. The van der Waals surface area contributed by atoms with Crippen molar-refractivity contribution in [1.82, 2.24) is 30.4 Å². The van der Waals surface area contributed by atoms with Crippen LogP contribution in [0.5, 0.6) is 0 Å². The standard InChI is InChI=1S/C23H26N6O6/c1-14-7-18(35-26-14)9-21(31)29-11-17(30)8-20(29)23(33)24-10-15-3-5-16(6-4-15)19-12-28(27-25-19)13-22(32)34-2/h3-7,12,17,20,30H,8-11,13H2,1-2H3,(H,24,33)/t17-,20+/m1/s1. The highest BCUT2D eigenvalue weighted by molar-refractivity contribution is 5.89. The molecular formula is C23H26N6O6. The number of methoxy groups -OCH3 is 1. The maximum Gasteiger partial charge on any atom is 0.327 e. The zero-order valence-electron chi connectivity index (χ0n) is 19.4. The molecule has 35 heavy (non-hydrogen) atoms. The number of esters is 1. The van der Waals surface area contributed by atoms with Crippen molar-refractivity contribution >= 4 is 17.8 Å². The zero-order chi connectivity index (χ0) is 24.9. The van der Waals surface area contributed by atoms with Crippen LogP contribution in [0.4, 0.5) is 0 Å². The second kappa shape index (κ2) is 10.5. The van der Waals surface area contributed by atoms with Crippen LogP contribution in [0.1, 0.15) is 23.4 Å². The molecule has 0 aliphatic carbocycles. The number of hydrogen-bond donors (Lipinski definition) is 2. The molecule has 12 nitrogen and oxygen atoms in total. The Balaban J connectivity index is 1.33. The van der Waals surface area contributed by atoms with Gasteiger partial charge in [-0.15, -0.1) is 5.10 Å². The summed E-state index contributed by atoms with van der Waals surface area (Å²) in [5.41, 5.74) is 2.91. The molecule has 0 radical (unpaired) electrons. The summed E-state index contributed by atoms with van der Waals surface area (Å²) in [6.07, 6.45) is 1.03. The number of likely N-dealkylation sites (tertiary alicyclic amines) is 1. The van der Waals surface area contributed by atoms with Gasteiger partial charge >= 0.3 is 5.97 Å². The Hall–Kier alpha value is -4.06. The van der Waals surface area contributed by atoms with Gasteiger partial charge < -0.3 is 24.6 Å². The number of amides is 2. The number of nitrogens with zero attached hydrogens (tertiary/aromatic N) is 5. The smallest absolute Gasteiger partial charge is 0.327 e. The zero-order valence-corrected chi connectivity index (χ0v) is 19.4. The first-order chi connectivity index (χ1) is 16.8. The number of rotatable bonds is 8. The fraction of sp³-hybridized carbons (Fsp3) is 0.391. The quantitative estimate of drug-likeness (QED) is 0.430. The summed E-state index contributed by atoms with van der Waals surface area (Å²) in [5, 5.41) is 24.7. The lowest BCUT2D eigenvalue weighted by molar-refractivity contribution is -0.141. The molecule has 2 aromatic heterocycles. The van der Waals surface area contributed by atoms with Crippen molar-refractivity contribution < 1.29 is 28.8 Å². The molecule has 2 N–H and O–H groups in total. The molecule has 0 saturated carbocycles. The van der Waals surface area contributed by atoms with E-state index in [1.165, 1.54) is 16.7 Å². The van der Waals surface area contributed by atoms with E-state index in [0.717, 1.165) is 11.1 Å². The Kier molecular flexibility index (Phi) is 7.20. The highest BCUT2D eigenvalue weighted by Crippen LogP contribution is 2.21. The molecule has 1 aromatic carbocycles. The van der Waals surface area contributed by atoms with Gasteiger partial charge in [-0.3, -0.25) is 14.4 Å². The maximum absolute atomic E-state index is 12.8. The van der Waals surface area contributed by atoms with Crippen LogP contribution < -0.4 is 5.32 Å². The number of aryl methyl sites for hydroxylation is 1. The first-order valence-electron chi connectivity index (χ1n) is 11.1. The van der Waals surface area contributed by atoms with Crippen LogP contribution in [0, 0.1) is 6.92 Å². The molecule has 0 spiro atoms. The van der Waals surface area contributed by atoms with Gasteiger partial charge in [-0.05, 0) is 12.5 Å². The summed E-state index contributed by atoms with van der Waals surface area (Å²) in [6, 6.07) is 8.26. The van der Waals surface area contributed by atoms with Crippen LogP contribution in [0.25, 0.3) is 11.3 Å². The highest BCUT2D eigenvalue weighted by Gasteiger charge is 2.38. The second-order valence-corrected chi connectivity index (χ2v) is 8.36. The summed E-state index contributed by atoms with van der Waals surface area (Å²) < 4.78 is 11.1. The van der Waals surface area contributed by atoms with Crippen molar-refractivity contribution in [2.45, 2.75) is 45.0 Å². The van der Waals surface area contributed by atoms with E-state index in [2.05, 4.69) is 25.5 Å². The number of aromatic nitrogens is 4. The number of nitrogens with one attached hydrogen (secondary N) is 1. The van der Waals surface area contributed by atoms with E-state index in [1.807, 2.05) is 24.3 Å². The topological polar surface area (TPSA) is 153 Å². The van der Waals surface area contributed by atoms with Crippen LogP contribution in [-0.4, -0.2) is 73.7 Å². The minimum Gasteiger partial charge on any atom is -0.468 e. The highest BCUT2D eigenvalue weighted by atomic mass is 16.5. The van der Waals surface area contributed by atoms with Crippen molar-refractivity contribution in [3.05, 3.63) is 53.5 Å². The first kappa shape index (κ1) is 24.1. The summed E-state index contributed by atoms with van der Waals surface area (Å²) in [7, 11) is 1.31. The van der Waals surface area contributed by atoms with E-state index in [4.69, 9.17) is 4.52 Å². The molecule has 1 saturated heterocycles. The second-order valence-electron chi connectivity index (χ2n) is 8.36. The van der Waals surface area contributed by atoms with E-state index in [9.17, 15) is 19.5 Å². The summed E-state index contributed by atoms with van der Waals surface area (Å²) in [4.78, 5) is 38.3. The fourth-order valence-corrected chi connectivity index (χ4v) is 3.89. The van der Waals surface area contributed by atoms with E-state index in [-0.39, 0.29) is 44.3 Å². The van der Waals surface area contributed by atoms with Crippen molar-refractivity contribution in [2.24, 2.45) is 0 Å². The van der Waals surface area contributed by atoms with Gasteiger partial charge in [0.1, 0.15) is 24.0 Å². The number of aliphatic hydroxyl groups excluding tert-OH is 1. The van der Waals surface area contributed by atoms with Crippen LogP contribution in [0.15, 0.2) is 41.1 Å². The number of carbonyl (C=O) groups excluding carboxylic acids is 3. The number of β-amino-alcohol motifs (C(OH)–C–C–N with tert-alkyl or cyclic N) is 1. The van der Waals surface area contributed by atoms with Crippen molar-refractivity contribution in [3.8, 4) is 11.3 Å². The minimum absolute atomic E-state index is 0.0248. The van der Waals surface area contributed by atoms with Gasteiger partial charge in [0.25, 0.3) is 0 Å². The van der Waals surface area contributed by atoms with Crippen molar-refractivity contribution in [3.63, 3.8) is 0 Å². The third kappa shape index (κ3) is 5.90. The molecule has 1 fully saturated rings. The molecule has 3 aromatic rings. The average Bonchev–Trinajstić information content (AvgIpc) is 3.58. The van der Waals surface area contributed by atoms with Crippen LogP contribution in [0.3, 0.4) is 0 Å². The molecule has 1 aliphatic rings. The van der Waals surface area contributed by atoms with Gasteiger partial charge in [0.15, 0.2) is 0 Å². The average molecular weight is 482 g/mol. The van der Waals surface area contributed by atoms with Crippen molar-refractivity contribution in [1.29, 1.82) is 0 Å². The number of carbonyl (C=O) groups is 3. The van der Waals surface area contributed by atoms with Gasteiger partial charge in [0.2, 0.25) is 11.8 Å². The Morgan fingerprint density at radius 1 is 1.26 bits per heavy atom. The molecular weight excluding hydrogens is 456 g/mol. The third-order valence-corrected chi connectivity index (χ3v) is 5.68. The molecule has 184 valence electrons. The molecule has 12 heteroatoms. The Bertz CT molecular complexity index is 1200. The number of hydrogen-bond acceptors (Lipinski definition) is 9. The van der Waals surface area contributed by atoms with Crippen molar-refractivity contribution in [2.75, 3.05) is 13.7 Å². The number of ether oxygens (including phenoxy) is 1. The predicted octanol–water partition coefficient (Wildman–Crippen LogP) is 0.235. The van der Waals surface area contributed by atoms with Gasteiger partial charge in [-0.1, -0.05) is 34.6 Å². The molecule has 4 rings (SSSR count). The molecule has 0 unspecified atom stereocenters.